The number of rotatable bonds is 6. The number of nitrogens with one attached hydrogen (secondary N) is 1. The van der Waals surface area contributed by atoms with Crippen LogP contribution in [0.15, 0.2) is 77.9 Å². The molecule has 4 nitrogen and oxygen atoms in total. The Hall–Kier alpha value is -2.38. The molecule has 0 aliphatic rings. The number of amides is 1. The van der Waals surface area contributed by atoms with Crippen molar-refractivity contribution in [1.29, 1.82) is 0 Å². The quantitative estimate of drug-likeness (QED) is 0.290. The van der Waals surface area contributed by atoms with Gasteiger partial charge in [-0.15, -0.1) is 0 Å². The normalized spacial score (nSPS) is 10.7. The highest BCUT2D eigenvalue weighted by molar-refractivity contribution is 14.1. The molecule has 0 atom stereocenters. The van der Waals surface area contributed by atoms with Crippen LogP contribution < -0.4 is 10.2 Å². The molecule has 1 amide bonds. The summed E-state index contributed by atoms with van der Waals surface area (Å²) in [6.07, 6.45) is 1.57. The van der Waals surface area contributed by atoms with Crippen molar-refractivity contribution >= 4 is 46.3 Å². The van der Waals surface area contributed by atoms with Crippen LogP contribution in [0.2, 0.25) is 5.02 Å². The molecule has 3 rings (SSSR count). The van der Waals surface area contributed by atoms with Crippen LogP contribution in [0.4, 0.5) is 0 Å². The Balaban J connectivity index is 1.62. The number of para-hydroxylation sites is 1. The predicted octanol–water partition coefficient (Wildman–Crippen LogP) is 5.29. The number of ether oxygens (including phenoxy) is 1. The largest absolute Gasteiger partial charge is 0.488 e. The molecule has 0 aromatic heterocycles. The van der Waals surface area contributed by atoms with E-state index < -0.39 is 0 Å². The highest BCUT2D eigenvalue weighted by atomic mass is 127. The highest BCUT2D eigenvalue weighted by Gasteiger charge is 2.04. The Bertz CT molecular complexity index is 941. The summed E-state index contributed by atoms with van der Waals surface area (Å²) >= 11 is 8.09. The molecular formula is C21H16ClIN2O2. The molecule has 0 heterocycles. The van der Waals surface area contributed by atoms with Crippen molar-refractivity contribution in [2.24, 2.45) is 5.10 Å². The molecule has 0 spiro atoms. The van der Waals surface area contributed by atoms with Crippen LogP contribution in [0, 0.1) is 3.57 Å². The van der Waals surface area contributed by atoms with Gasteiger partial charge < -0.3 is 4.74 Å². The molecule has 0 saturated heterocycles. The van der Waals surface area contributed by atoms with Crippen molar-refractivity contribution in [3.63, 3.8) is 0 Å². The monoisotopic (exact) mass is 490 g/mol. The molecule has 6 heteroatoms. The Morgan fingerprint density at radius 2 is 1.74 bits per heavy atom. The molecular weight excluding hydrogens is 475 g/mol. The molecule has 1 N–H and O–H groups in total. The van der Waals surface area contributed by atoms with E-state index in [0.29, 0.717) is 22.9 Å². The highest BCUT2D eigenvalue weighted by Crippen LogP contribution is 2.18. The topological polar surface area (TPSA) is 50.7 Å². The number of carbonyl (C=O) groups is 1. The summed E-state index contributed by atoms with van der Waals surface area (Å²) < 4.78 is 6.94. The smallest absolute Gasteiger partial charge is 0.271 e. The van der Waals surface area contributed by atoms with Crippen LogP contribution in [-0.2, 0) is 6.61 Å². The Kier molecular flexibility index (Phi) is 6.84. The van der Waals surface area contributed by atoms with E-state index in [9.17, 15) is 4.79 Å². The number of hydrogen-bond donors (Lipinski definition) is 1. The van der Waals surface area contributed by atoms with Gasteiger partial charge in [-0.2, -0.15) is 5.10 Å². The van der Waals surface area contributed by atoms with Crippen molar-refractivity contribution in [3.05, 3.63) is 98.1 Å². The van der Waals surface area contributed by atoms with Crippen LogP contribution in [-0.4, -0.2) is 12.1 Å². The number of halogens is 2. The van der Waals surface area contributed by atoms with E-state index in [1.165, 1.54) is 0 Å². The van der Waals surface area contributed by atoms with Crippen LogP contribution in [0.3, 0.4) is 0 Å². The lowest BCUT2D eigenvalue weighted by Gasteiger charge is -2.09. The maximum atomic E-state index is 12.1. The molecule has 3 aromatic carbocycles. The van der Waals surface area contributed by atoms with Gasteiger partial charge in [-0.1, -0.05) is 35.9 Å². The van der Waals surface area contributed by atoms with Gasteiger partial charge in [0.2, 0.25) is 0 Å². The first-order valence-electron chi connectivity index (χ1n) is 8.17. The molecule has 0 radical (unpaired) electrons. The fraction of sp³-hybridized carbons (Fsp3) is 0.0476. The lowest BCUT2D eigenvalue weighted by Crippen LogP contribution is -2.17. The average molecular weight is 491 g/mol. The van der Waals surface area contributed by atoms with Gasteiger partial charge in [0.15, 0.2) is 0 Å². The zero-order valence-corrected chi connectivity index (χ0v) is 17.1. The second-order valence-corrected chi connectivity index (χ2v) is 7.34. The van der Waals surface area contributed by atoms with E-state index >= 15 is 0 Å². The van der Waals surface area contributed by atoms with Gasteiger partial charge in [0.25, 0.3) is 5.91 Å². The summed E-state index contributed by atoms with van der Waals surface area (Å²) in [6.45, 7) is 0.414. The zero-order valence-electron chi connectivity index (χ0n) is 14.2. The van der Waals surface area contributed by atoms with Crippen molar-refractivity contribution in [2.45, 2.75) is 6.61 Å². The molecule has 136 valence electrons. The van der Waals surface area contributed by atoms with Gasteiger partial charge >= 0.3 is 0 Å². The molecule has 0 fully saturated rings. The second-order valence-electron chi connectivity index (χ2n) is 5.66. The lowest BCUT2D eigenvalue weighted by molar-refractivity contribution is 0.0955. The van der Waals surface area contributed by atoms with Gasteiger partial charge in [-0.25, -0.2) is 5.43 Å². The van der Waals surface area contributed by atoms with Crippen LogP contribution in [0.25, 0.3) is 0 Å². The minimum absolute atomic E-state index is 0.262. The summed E-state index contributed by atoms with van der Waals surface area (Å²) in [6, 6.07) is 22.3. The minimum Gasteiger partial charge on any atom is -0.488 e. The van der Waals surface area contributed by atoms with Crippen molar-refractivity contribution in [3.8, 4) is 5.75 Å². The van der Waals surface area contributed by atoms with Gasteiger partial charge in [-0.05, 0) is 76.7 Å². The van der Waals surface area contributed by atoms with Crippen molar-refractivity contribution in [2.75, 3.05) is 0 Å². The molecule has 0 unspecified atom stereocenters. The number of hydrogen-bond acceptors (Lipinski definition) is 3. The summed E-state index contributed by atoms with van der Waals surface area (Å²) in [7, 11) is 0. The van der Waals surface area contributed by atoms with E-state index in [1.54, 1.807) is 18.3 Å². The number of benzene rings is 3. The minimum atomic E-state index is -0.262. The van der Waals surface area contributed by atoms with Crippen molar-refractivity contribution < 1.29 is 9.53 Å². The first kappa shape index (κ1) is 19.4. The lowest BCUT2D eigenvalue weighted by atomic mass is 10.2. The molecule has 0 bridgehead atoms. The standard InChI is InChI=1S/C21H16ClIN2O2/c22-18-9-5-15(6-10-18)14-27-20-4-2-1-3-17(20)13-24-25-21(26)16-7-11-19(23)12-8-16/h1-13H,14H2,(H,25,26)/b24-13-. The fourth-order valence-corrected chi connectivity index (χ4v) is 2.77. The molecule has 3 aromatic rings. The summed E-state index contributed by atoms with van der Waals surface area (Å²) in [5.74, 6) is 0.418. The third-order valence-corrected chi connectivity index (χ3v) is 4.67. The van der Waals surface area contributed by atoms with Crippen LogP contribution in [0.1, 0.15) is 21.5 Å². The van der Waals surface area contributed by atoms with Gasteiger partial charge in [0, 0.05) is 19.7 Å². The van der Waals surface area contributed by atoms with E-state index in [4.69, 9.17) is 16.3 Å². The SMILES string of the molecule is O=C(N/N=C\c1ccccc1OCc1ccc(Cl)cc1)c1ccc(I)cc1. The van der Waals surface area contributed by atoms with Crippen LogP contribution >= 0.6 is 34.2 Å². The Labute approximate surface area is 176 Å². The fourth-order valence-electron chi connectivity index (χ4n) is 2.29. The van der Waals surface area contributed by atoms with E-state index in [1.807, 2.05) is 60.7 Å². The maximum Gasteiger partial charge on any atom is 0.271 e. The average Bonchev–Trinajstić information content (AvgIpc) is 2.69. The Morgan fingerprint density at radius 3 is 2.48 bits per heavy atom. The first-order valence-corrected chi connectivity index (χ1v) is 9.63. The van der Waals surface area contributed by atoms with E-state index in [0.717, 1.165) is 14.7 Å². The first-order chi connectivity index (χ1) is 13.1. The van der Waals surface area contributed by atoms with Gasteiger partial charge in [0.05, 0.1) is 6.21 Å². The summed E-state index contributed by atoms with van der Waals surface area (Å²) in [4.78, 5) is 12.1. The van der Waals surface area contributed by atoms with E-state index in [-0.39, 0.29) is 5.91 Å². The van der Waals surface area contributed by atoms with Gasteiger partial charge in [0.1, 0.15) is 12.4 Å². The summed E-state index contributed by atoms with van der Waals surface area (Å²) in [5.41, 5.74) is 4.87. The molecule has 27 heavy (non-hydrogen) atoms. The second kappa shape index (κ2) is 9.53. The van der Waals surface area contributed by atoms with Gasteiger partial charge in [-0.3, -0.25) is 4.79 Å². The van der Waals surface area contributed by atoms with Crippen molar-refractivity contribution in [1.82, 2.24) is 5.43 Å². The number of hydrazone groups is 1. The third-order valence-electron chi connectivity index (χ3n) is 3.70. The number of nitrogens with zero attached hydrogens (tertiary/aromatic N) is 1. The maximum absolute atomic E-state index is 12.1. The Morgan fingerprint density at radius 1 is 1.04 bits per heavy atom. The predicted molar refractivity (Wildman–Crippen MR) is 116 cm³/mol. The molecule has 0 saturated carbocycles. The van der Waals surface area contributed by atoms with Crippen LogP contribution in [0.5, 0.6) is 5.75 Å². The third kappa shape index (κ3) is 5.80. The van der Waals surface area contributed by atoms with E-state index in [2.05, 4.69) is 33.1 Å². The zero-order chi connectivity index (χ0) is 19.1. The number of carbonyl (C=O) groups excluding carboxylic acids is 1. The summed E-state index contributed by atoms with van der Waals surface area (Å²) in [5, 5.41) is 4.73. The molecule has 0 aliphatic carbocycles. The molecule has 0 aliphatic heterocycles.